The quantitative estimate of drug-likeness (QED) is 0.755. The first kappa shape index (κ1) is 15.3. The van der Waals surface area contributed by atoms with Crippen molar-refractivity contribution in [1.82, 2.24) is 0 Å². The molecule has 0 spiro atoms. The van der Waals surface area contributed by atoms with Crippen LogP contribution in [0.2, 0.25) is 0 Å². The van der Waals surface area contributed by atoms with E-state index in [1.165, 1.54) is 5.56 Å². The van der Waals surface area contributed by atoms with Crippen LogP contribution in [0.1, 0.15) is 46.0 Å². The number of rotatable bonds is 5. The lowest BCUT2D eigenvalue weighted by Gasteiger charge is -2.11. The van der Waals surface area contributed by atoms with Gasteiger partial charge >= 0.3 is 0 Å². The highest BCUT2D eigenvalue weighted by molar-refractivity contribution is 6.10. The van der Waals surface area contributed by atoms with Gasteiger partial charge in [0.05, 0.1) is 7.11 Å². The van der Waals surface area contributed by atoms with Crippen molar-refractivity contribution in [3.8, 4) is 5.75 Å². The molecule has 0 aliphatic rings. The molecule has 0 aliphatic heterocycles. The number of ether oxygens (including phenoxy) is 1. The average Bonchev–Trinajstić information content (AvgIpc) is 2.47. The second kappa shape index (κ2) is 6.57. The fourth-order valence-electron chi connectivity index (χ4n) is 2.61. The van der Waals surface area contributed by atoms with Crippen LogP contribution in [0.4, 0.5) is 0 Å². The van der Waals surface area contributed by atoms with E-state index in [-0.39, 0.29) is 5.78 Å². The minimum atomic E-state index is 0.0764. The third-order valence-corrected chi connectivity index (χ3v) is 3.69. The van der Waals surface area contributed by atoms with Crippen molar-refractivity contribution < 1.29 is 9.53 Å². The number of carbonyl (C=O) groups excluding carboxylic acids is 1. The van der Waals surface area contributed by atoms with Crippen molar-refractivity contribution in [1.29, 1.82) is 0 Å². The van der Waals surface area contributed by atoms with E-state index in [9.17, 15) is 4.79 Å². The fourth-order valence-corrected chi connectivity index (χ4v) is 2.61. The summed E-state index contributed by atoms with van der Waals surface area (Å²) in [7, 11) is 1.67. The Morgan fingerprint density at radius 3 is 2.48 bits per heavy atom. The zero-order valence-electron chi connectivity index (χ0n) is 13.2. The van der Waals surface area contributed by atoms with Crippen molar-refractivity contribution in [2.24, 2.45) is 0 Å². The van der Waals surface area contributed by atoms with Crippen LogP contribution in [0.5, 0.6) is 5.75 Å². The largest absolute Gasteiger partial charge is 0.496 e. The predicted octanol–water partition coefficient (Wildman–Crippen LogP) is 4.50. The van der Waals surface area contributed by atoms with Crippen LogP contribution in [0.15, 0.2) is 36.4 Å². The van der Waals surface area contributed by atoms with Crippen molar-refractivity contribution >= 4 is 5.78 Å². The lowest BCUT2D eigenvalue weighted by Crippen LogP contribution is -2.05. The third kappa shape index (κ3) is 3.33. The van der Waals surface area contributed by atoms with Crippen molar-refractivity contribution in [3.63, 3.8) is 0 Å². The highest BCUT2D eigenvalue weighted by Crippen LogP contribution is 2.24. The van der Waals surface area contributed by atoms with Crippen LogP contribution in [0, 0.1) is 13.8 Å². The molecule has 0 unspecified atom stereocenters. The van der Waals surface area contributed by atoms with Crippen LogP contribution in [0.25, 0.3) is 0 Å². The molecular weight excluding hydrogens is 260 g/mol. The molecule has 0 N–H and O–H groups in total. The molecule has 0 amide bonds. The van der Waals surface area contributed by atoms with Gasteiger partial charge < -0.3 is 4.74 Å². The number of methoxy groups -OCH3 is 1. The standard InChI is InChI=1S/C19H22O2/c1-5-6-15-12-16(8-10-18(15)21-4)19(20)17-9-7-13(2)11-14(17)3/h7-12H,5-6H2,1-4H3. The van der Waals surface area contributed by atoms with Gasteiger partial charge in [0.1, 0.15) is 5.75 Å². The molecule has 0 radical (unpaired) electrons. The van der Waals surface area contributed by atoms with Gasteiger partial charge in [0.25, 0.3) is 0 Å². The van der Waals surface area contributed by atoms with E-state index in [0.717, 1.165) is 40.8 Å². The summed E-state index contributed by atoms with van der Waals surface area (Å²) in [6, 6.07) is 11.6. The summed E-state index contributed by atoms with van der Waals surface area (Å²) < 4.78 is 5.37. The molecule has 0 heterocycles. The minimum absolute atomic E-state index is 0.0764. The summed E-state index contributed by atoms with van der Waals surface area (Å²) in [5.41, 5.74) is 4.79. The summed E-state index contributed by atoms with van der Waals surface area (Å²) in [6.07, 6.45) is 1.94. The summed E-state index contributed by atoms with van der Waals surface area (Å²) >= 11 is 0. The van der Waals surface area contributed by atoms with Crippen LogP contribution < -0.4 is 4.74 Å². The van der Waals surface area contributed by atoms with Gasteiger partial charge in [0.15, 0.2) is 5.78 Å². The summed E-state index contributed by atoms with van der Waals surface area (Å²) in [5.74, 6) is 0.932. The second-order valence-corrected chi connectivity index (χ2v) is 5.42. The molecule has 0 bridgehead atoms. The fraction of sp³-hybridized carbons (Fsp3) is 0.316. The first-order valence-electron chi connectivity index (χ1n) is 7.35. The Labute approximate surface area is 126 Å². The van der Waals surface area contributed by atoms with E-state index < -0.39 is 0 Å². The van der Waals surface area contributed by atoms with Crippen molar-refractivity contribution in [2.75, 3.05) is 7.11 Å². The van der Waals surface area contributed by atoms with Gasteiger partial charge in [-0.15, -0.1) is 0 Å². The number of aryl methyl sites for hydroxylation is 3. The number of hydrogen-bond donors (Lipinski definition) is 0. The zero-order valence-corrected chi connectivity index (χ0v) is 13.2. The zero-order chi connectivity index (χ0) is 15.4. The van der Waals surface area contributed by atoms with E-state index >= 15 is 0 Å². The SMILES string of the molecule is CCCc1cc(C(=O)c2ccc(C)cc2C)ccc1OC. The molecule has 0 fully saturated rings. The Kier molecular flexibility index (Phi) is 4.79. The maximum absolute atomic E-state index is 12.7. The van der Waals surface area contributed by atoms with E-state index in [4.69, 9.17) is 4.74 Å². The Morgan fingerprint density at radius 2 is 1.86 bits per heavy atom. The van der Waals surface area contributed by atoms with Gasteiger partial charge in [-0.3, -0.25) is 4.79 Å². The monoisotopic (exact) mass is 282 g/mol. The van der Waals surface area contributed by atoms with Crippen LogP contribution >= 0.6 is 0 Å². The van der Waals surface area contributed by atoms with Gasteiger partial charge in [-0.25, -0.2) is 0 Å². The van der Waals surface area contributed by atoms with E-state index in [0.29, 0.717) is 0 Å². The second-order valence-electron chi connectivity index (χ2n) is 5.42. The summed E-state index contributed by atoms with van der Waals surface area (Å²) in [6.45, 7) is 6.14. The molecule has 2 rings (SSSR count). The molecule has 0 aromatic heterocycles. The molecule has 0 aliphatic carbocycles. The van der Waals surface area contributed by atoms with E-state index in [2.05, 4.69) is 6.92 Å². The topological polar surface area (TPSA) is 26.3 Å². The number of carbonyl (C=O) groups is 1. The highest BCUT2D eigenvalue weighted by atomic mass is 16.5. The molecule has 2 aromatic carbocycles. The predicted molar refractivity (Wildman–Crippen MR) is 86.3 cm³/mol. The van der Waals surface area contributed by atoms with E-state index in [1.807, 2.05) is 50.2 Å². The number of benzene rings is 2. The maximum atomic E-state index is 12.7. The Morgan fingerprint density at radius 1 is 1.10 bits per heavy atom. The Balaban J connectivity index is 2.41. The van der Waals surface area contributed by atoms with Gasteiger partial charge in [-0.2, -0.15) is 0 Å². The molecule has 2 heteroatoms. The lowest BCUT2D eigenvalue weighted by molar-refractivity contribution is 0.103. The Bertz CT molecular complexity index is 657. The maximum Gasteiger partial charge on any atom is 0.193 e. The highest BCUT2D eigenvalue weighted by Gasteiger charge is 2.14. The van der Waals surface area contributed by atoms with Crippen LogP contribution in [-0.2, 0) is 6.42 Å². The van der Waals surface area contributed by atoms with Crippen molar-refractivity contribution in [3.05, 3.63) is 64.2 Å². The first-order valence-corrected chi connectivity index (χ1v) is 7.35. The van der Waals surface area contributed by atoms with Crippen LogP contribution in [-0.4, -0.2) is 12.9 Å². The number of ketones is 1. The minimum Gasteiger partial charge on any atom is -0.496 e. The normalized spacial score (nSPS) is 10.5. The molecule has 2 aromatic rings. The number of hydrogen-bond acceptors (Lipinski definition) is 2. The molecule has 0 saturated carbocycles. The summed E-state index contributed by atoms with van der Waals surface area (Å²) in [4.78, 5) is 12.7. The van der Waals surface area contributed by atoms with Gasteiger partial charge in [0, 0.05) is 11.1 Å². The molecule has 2 nitrogen and oxygen atoms in total. The summed E-state index contributed by atoms with van der Waals surface area (Å²) in [5, 5.41) is 0. The third-order valence-electron chi connectivity index (χ3n) is 3.69. The molecule has 110 valence electrons. The van der Waals surface area contributed by atoms with Gasteiger partial charge in [0.2, 0.25) is 0 Å². The first-order chi connectivity index (χ1) is 10.1. The van der Waals surface area contributed by atoms with E-state index in [1.54, 1.807) is 7.11 Å². The van der Waals surface area contributed by atoms with Crippen molar-refractivity contribution in [2.45, 2.75) is 33.6 Å². The molecule has 0 saturated heterocycles. The van der Waals surface area contributed by atoms with Gasteiger partial charge in [-0.1, -0.05) is 37.1 Å². The average molecular weight is 282 g/mol. The molecule has 0 atom stereocenters. The molecular formula is C19H22O2. The molecule has 21 heavy (non-hydrogen) atoms. The lowest BCUT2D eigenvalue weighted by atomic mass is 9.95. The van der Waals surface area contributed by atoms with Gasteiger partial charge in [-0.05, 0) is 49.6 Å². The smallest absolute Gasteiger partial charge is 0.193 e. The Hall–Kier alpha value is -2.09. The van der Waals surface area contributed by atoms with Crippen LogP contribution in [0.3, 0.4) is 0 Å².